The molecular formula is C14H15BrFNO5. The summed E-state index contributed by atoms with van der Waals surface area (Å²) in [5, 5.41) is 8.74. The van der Waals surface area contributed by atoms with E-state index in [4.69, 9.17) is 14.6 Å². The summed E-state index contributed by atoms with van der Waals surface area (Å²) in [7, 11) is 0. The average molecular weight is 376 g/mol. The van der Waals surface area contributed by atoms with Crippen LogP contribution in [0.2, 0.25) is 0 Å². The highest BCUT2D eigenvalue weighted by molar-refractivity contribution is 9.10. The van der Waals surface area contributed by atoms with Crippen LogP contribution < -0.4 is 4.74 Å². The number of carboxylic acid groups (broad SMARTS) is 1. The number of carboxylic acids is 1. The topological polar surface area (TPSA) is 76.1 Å². The van der Waals surface area contributed by atoms with Gasteiger partial charge in [0, 0.05) is 17.6 Å². The quantitative estimate of drug-likeness (QED) is 0.846. The molecule has 1 aliphatic rings. The molecule has 6 nitrogen and oxygen atoms in total. The van der Waals surface area contributed by atoms with Crippen molar-refractivity contribution in [2.75, 3.05) is 26.3 Å². The van der Waals surface area contributed by atoms with Gasteiger partial charge in [0.1, 0.15) is 0 Å². The number of ether oxygens (including phenoxy) is 2. The zero-order valence-electron chi connectivity index (χ0n) is 11.6. The number of carbonyl (C=O) groups excluding carboxylic acids is 1. The highest BCUT2D eigenvalue weighted by Crippen LogP contribution is 2.21. The summed E-state index contributed by atoms with van der Waals surface area (Å²) in [6.07, 6.45) is -0.689. The van der Waals surface area contributed by atoms with Crippen LogP contribution in [0.1, 0.15) is 6.42 Å². The van der Waals surface area contributed by atoms with Crippen molar-refractivity contribution in [3.8, 4) is 5.75 Å². The molecule has 1 saturated heterocycles. The lowest BCUT2D eigenvalue weighted by molar-refractivity contribution is -0.148. The van der Waals surface area contributed by atoms with Gasteiger partial charge in [-0.1, -0.05) is 15.9 Å². The number of benzene rings is 1. The van der Waals surface area contributed by atoms with Crippen molar-refractivity contribution in [2.24, 2.45) is 0 Å². The number of hydrogen-bond acceptors (Lipinski definition) is 4. The minimum atomic E-state index is -0.979. The third-order valence-corrected chi connectivity index (χ3v) is 3.63. The van der Waals surface area contributed by atoms with Crippen molar-refractivity contribution >= 4 is 27.8 Å². The lowest BCUT2D eigenvalue weighted by Gasteiger charge is -2.32. The van der Waals surface area contributed by atoms with Crippen molar-refractivity contribution < 1.29 is 28.6 Å². The van der Waals surface area contributed by atoms with E-state index in [1.807, 2.05) is 0 Å². The third kappa shape index (κ3) is 4.67. The predicted octanol–water partition coefficient (Wildman–Crippen LogP) is 1.67. The van der Waals surface area contributed by atoms with Gasteiger partial charge in [0.25, 0.3) is 5.91 Å². The highest BCUT2D eigenvalue weighted by Gasteiger charge is 2.26. The SMILES string of the molecule is O=C(O)CC1CN(C(=O)COc2ccc(Br)cc2F)CCO1. The van der Waals surface area contributed by atoms with Crippen LogP contribution in [-0.4, -0.2) is 54.3 Å². The maximum absolute atomic E-state index is 13.6. The number of halogens is 2. The molecule has 0 bridgehead atoms. The largest absolute Gasteiger partial charge is 0.481 e. The second-order valence-electron chi connectivity index (χ2n) is 4.79. The van der Waals surface area contributed by atoms with Crippen molar-refractivity contribution in [1.82, 2.24) is 4.90 Å². The standard InChI is InChI=1S/C14H15BrFNO5/c15-9-1-2-12(11(16)5-9)22-8-13(18)17-3-4-21-10(7-17)6-14(19)20/h1-2,5,10H,3-4,6-8H2,(H,19,20). The minimum absolute atomic E-state index is 0.00750. The van der Waals surface area contributed by atoms with Crippen LogP contribution in [0.5, 0.6) is 5.75 Å². The Morgan fingerprint density at radius 3 is 2.95 bits per heavy atom. The molecule has 1 unspecified atom stereocenters. The summed E-state index contributed by atoms with van der Waals surface area (Å²) in [5.74, 6) is -1.88. The Morgan fingerprint density at radius 1 is 1.50 bits per heavy atom. The lowest BCUT2D eigenvalue weighted by Crippen LogP contribution is -2.47. The number of carbonyl (C=O) groups is 2. The van der Waals surface area contributed by atoms with Gasteiger partial charge in [-0.25, -0.2) is 4.39 Å². The summed E-state index contributed by atoms with van der Waals surface area (Å²) in [5.41, 5.74) is 0. The minimum Gasteiger partial charge on any atom is -0.481 e. The van der Waals surface area contributed by atoms with E-state index in [9.17, 15) is 14.0 Å². The van der Waals surface area contributed by atoms with Gasteiger partial charge in [0.15, 0.2) is 18.2 Å². The molecular weight excluding hydrogens is 361 g/mol. The summed E-state index contributed by atoms with van der Waals surface area (Å²) in [4.78, 5) is 24.2. The molecule has 1 fully saturated rings. The molecule has 0 spiro atoms. The van der Waals surface area contributed by atoms with Crippen molar-refractivity contribution in [3.63, 3.8) is 0 Å². The fourth-order valence-electron chi connectivity index (χ4n) is 2.09. The molecule has 0 saturated carbocycles. The molecule has 1 aromatic rings. The van der Waals surface area contributed by atoms with Crippen molar-refractivity contribution in [2.45, 2.75) is 12.5 Å². The Bertz CT molecular complexity index is 568. The Kier molecular flexibility index (Phi) is 5.73. The van der Waals surface area contributed by atoms with Crippen LogP contribution in [0.3, 0.4) is 0 Å². The van der Waals surface area contributed by atoms with Gasteiger partial charge >= 0.3 is 5.97 Å². The number of aliphatic carboxylic acids is 1. The van der Waals surface area contributed by atoms with Crippen LogP contribution in [0, 0.1) is 5.82 Å². The van der Waals surface area contributed by atoms with Crippen LogP contribution in [0.25, 0.3) is 0 Å². The van der Waals surface area contributed by atoms with Gasteiger partial charge in [-0.2, -0.15) is 0 Å². The summed E-state index contributed by atoms with van der Waals surface area (Å²) in [6.45, 7) is 0.521. The molecule has 120 valence electrons. The van der Waals surface area contributed by atoms with Gasteiger partial charge in [0.05, 0.1) is 19.1 Å². The van der Waals surface area contributed by atoms with Gasteiger partial charge in [-0.15, -0.1) is 0 Å². The monoisotopic (exact) mass is 375 g/mol. The van der Waals surface area contributed by atoms with Gasteiger partial charge in [-0.05, 0) is 18.2 Å². The second kappa shape index (κ2) is 7.55. The molecule has 1 heterocycles. The van der Waals surface area contributed by atoms with Crippen molar-refractivity contribution in [3.05, 3.63) is 28.5 Å². The van der Waals surface area contributed by atoms with E-state index in [0.717, 1.165) is 0 Å². The maximum Gasteiger partial charge on any atom is 0.306 e. The normalized spacial score (nSPS) is 18.1. The van der Waals surface area contributed by atoms with E-state index in [1.165, 1.54) is 17.0 Å². The zero-order valence-corrected chi connectivity index (χ0v) is 13.2. The maximum atomic E-state index is 13.6. The predicted molar refractivity (Wildman–Crippen MR) is 78.2 cm³/mol. The molecule has 1 aliphatic heterocycles. The second-order valence-corrected chi connectivity index (χ2v) is 5.71. The fourth-order valence-corrected chi connectivity index (χ4v) is 2.42. The lowest BCUT2D eigenvalue weighted by atomic mass is 10.2. The van der Waals surface area contributed by atoms with E-state index in [-0.39, 0.29) is 37.8 Å². The highest BCUT2D eigenvalue weighted by atomic mass is 79.9. The smallest absolute Gasteiger partial charge is 0.306 e. The first-order valence-electron chi connectivity index (χ1n) is 6.64. The van der Waals surface area contributed by atoms with Gasteiger partial charge in [0.2, 0.25) is 0 Å². The fraction of sp³-hybridized carbons (Fsp3) is 0.429. The molecule has 0 radical (unpaired) electrons. The number of nitrogens with zero attached hydrogens (tertiary/aromatic N) is 1. The van der Waals surface area contributed by atoms with E-state index < -0.39 is 17.9 Å². The first kappa shape index (κ1) is 16.7. The number of morpholine rings is 1. The molecule has 1 aromatic carbocycles. The summed E-state index contributed by atoms with van der Waals surface area (Å²) < 4.78 is 24.6. The molecule has 2 rings (SSSR count). The third-order valence-electron chi connectivity index (χ3n) is 3.14. The van der Waals surface area contributed by atoms with Crippen LogP contribution in [-0.2, 0) is 14.3 Å². The molecule has 0 aromatic heterocycles. The number of hydrogen-bond donors (Lipinski definition) is 1. The van der Waals surface area contributed by atoms with E-state index in [0.29, 0.717) is 11.0 Å². The van der Waals surface area contributed by atoms with Crippen molar-refractivity contribution in [1.29, 1.82) is 0 Å². The summed E-state index contributed by atoms with van der Waals surface area (Å²) >= 11 is 3.13. The molecule has 1 N–H and O–H groups in total. The Morgan fingerprint density at radius 2 is 2.27 bits per heavy atom. The van der Waals surface area contributed by atoms with Crippen LogP contribution in [0.15, 0.2) is 22.7 Å². The van der Waals surface area contributed by atoms with E-state index in [2.05, 4.69) is 15.9 Å². The Labute approximate surface area is 134 Å². The molecule has 1 atom stereocenters. The average Bonchev–Trinajstić information content (AvgIpc) is 2.45. The van der Waals surface area contributed by atoms with Crippen LogP contribution >= 0.6 is 15.9 Å². The zero-order chi connectivity index (χ0) is 16.1. The Balaban J connectivity index is 1.87. The van der Waals surface area contributed by atoms with Gasteiger partial charge < -0.3 is 19.5 Å². The van der Waals surface area contributed by atoms with E-state index in [1.54, 1.807) is 6.07 Å². The Hall–Kier alpha value is -1.67. The van der Waals surface area contributed by atoms with Crippen LogP contribution in [0.4, 0.5) is 4.39 Å². The number of rotatable bonds is 5. The number of amides is 1. The first-order chi connectivity index (χ1) is 10.5. The van der Waals surface area contributed by atoms with Gasteiger partial charge in [-0.3, -0.25) is 9.59 Å². The first-order valence-corrected chi connectivity index (χ1v) is 7.44. The van der Waals surface area contributed by atoms with E-state index >= 15 is 0 Å². The molecule has 0 aliphatic carbocycles. The molecule has 1 amide bonds. The molecule has 8 heteroatoms. The summed E-state index contributed by atoms with van der Waals surface area (Å²) in [6, 6.07) is 4.29. The molecule has 22 heavy (non-hydrogen) atoms.